The fourth-order valence-electron chi connectivity index (χ4n) is 8.94. The van der Waals surface area contributed by atoms with Gasteiger partial charge in [-0.15, -0.1) is 0 Å². The Kier molecular flexibility index (Phi) is 11.3. The van der Waals surface area contributed by atoms with Gasteiger partial charge in [0.05, 0.1) is 53.5 Å². The van der Waals surface area contributed by atoms with Gasteiger partial charge in [0.1, 0.15) is 35.3 Å². The number of aromatic hydroxyl groups is 1. The Labute approximate surface area is 354 Å². The van der Waals surface area contributed by atoms with Crippen LogP contribution in [0.25, 0.3) is 44.2 Å². The summed E-state index contributed by atoms with van der Waals surface area (Å²) in [5.41, 5.74) is 20.2. The average Bonchev–Trinajstić information content (AvgIpc) is 3.90. The van der Waals surface area contributed by atoms with Crippen LogP contribution in [0.2, 0.25) is 0 Å². The Balaban J connectivity index is 1.37. The molecule has 0 spiro atoms. The molecule has 0 saturated carbocycles. The minimum absolute atomic E-state index is 0.134. The third-order valence-electron chi connectivity index (χ3n) is 12.1. The highest BCUT2D eigenvalue weighted by atomic mass is 16.5. The summed E-state index contributed by atoms with van der Waals surface area (Å²) in [6.07, 6.45) is 1.75. The van der Waals surface area contributed by atoms with E-state index in [1.165, 1.54) is 6.07 Å². The molecule has 2 aromatic carbocycles. The summed E-state index contributed by atoms with van der Waals surface area (Å²) in [5, 5.41) is 24.1. The number of rotatable bonds is 15. The van der Waals surface area contributed by atoms with Gasteiger partial charge >= 0.3 is 0 Å². The van der Waals surface area contributed by atoms with Crippen molar-refractivity contribution in [1.29, 1.82) is 0 Å². The minimum atomic E-state index is -0.664. The minimum Gasteiger partial charge on any atom is -0.506 e. The number of hydrazine groups is 1. The van der Waals surface area contributed by atoms with E-state index in [-0.39, 0.29) is 23.0 Å². The zero-order valence-electron chi connectivity index (χ0n) is 36.0. The lowest BCUT2D eigenvalue weighted by Crippen LogP contribution is -2.74. The standard InChI is InChI=1S/C44H56N12O5/c1-8-53-34(19-25(3)50-53)33-12-11-29-30-20-27(39(45)58)22-35(57)37(30)55(42(29)49-33)26(4)56-38-31(32(41(56)47-7)24-48-43-44(5,6)54(9-2)51-43)21-28(40(46)59)23-36(38)61-16-10-13-52-14-17-60-18-15-52/h11-12,19-24,26,43,47,51,57H,8-10,13-18H2,1-7H3,(H2,45,58)(H2,46,59)/t26?,43-/m0/s1. The first kappa shape index (κ1) is 41.7. The van der Waals surface area contributed by atoms with Crippen molar-refractivity contribution in [2.75, 3.05) is 58.4 Å². The van der Waals surface area contributed by atoms with Crippen LogP contribution in [0.15, 0.2) is 47.5 Å². The molecule has 6 heterocycles. The molecule has 0 radical (unpaired) electrons. The molecule has 8 rings (SSSR count). The van der Waals surface area contributed by atoms with Crippen LogP contribution in [-0.2, 0) is 11.3 Å². The van der Waals surface area contributed by atoms with Crippen molar-refractivity contribution in [2.45, 2.75) is 72.4 Å². The van der Waals surface area contributed by atoms with Gasteiger partial charge in [0.2, 0.25) is 11.8 Å². The van der Waals surface area contributed by atoms with Crippen LogP contribution in [0.5, 0.6) is 11.5 Å². The Morgan fingerprint density at radius 1 is 1.03 bits per heavy atom. The number of aliphatic imine (C=N–C) groups is 1. The number of fused-ring (bicyclic) bond motifs is 4. The van der Waals surface area contributed by atoms with Crippen molar-refractivity contribution < 1.29 is 24.2 Å². The van der Waals surface area contributed by atoms with Crippen molar-refractivity contribution in [3.8, 4) is 22.9 Å². The average molecular weight is 833 g/mol. The maximum absolute atomic E-state index is 13.0. The first-order chi connectivity index (χ1) is 29.3. The number of benzene rings is 2. The van der Waals surface area contributed by atoms with Crippen LogP contribution >= 0.6 is 0 Å². The monoisotopic (exact) mass is 832 g/mol. The van der Waals surface area contributed by atoms with Gasteiger partial charge in [-0.2, -0.15) is 5.10 Å². The number of carbonyl (C=O) groups excluding carboxylic acids is 2. The van der Waals surface area contributed by atoms with Gasteiger partial charge in [0.25, 0.3) is 0 Å². The molecule has 1 unspecified atom stereocenters. The van der Waals surface area contributed by atoms with E-state index >= 15 is 0 Å². The van der Waals surface area contributed by atoms with E-state index in [0.717, 1.165) is 49.6 Å². The van der Waals surface area contributed by atoms with E-state index in [1.54, 1.807) is 18.2 Å². The van der Waals surface area contributed by atoms with Crippen LogP contribution in [0.3, 0.4) is 0 Å². The number of carbonyl (C=O) groups is 2. The molecule has 0 aliphatic carbocycles. The van der Waals surface area contributed by atoms with E-state index in [2.05, 4.69) is 51.1 Å². The predicted molar refractivity (Wildman–Crippen MR) is 238 cm³/mol. The number of ether oxygens (including phenoxy) is 2. The second-order valence-corrected chi connectivity index (χ2v) is 16.3. The molecule has 0 bridgehead atoms. The number of nitrogens with two attached hydrogens (primary N) is 2. The molecule has 2 aliphatic rings. The number of hydrogen-bond donors (Lipinski definition) is 5. The van der Waals surface area contributed by atoms with E-state index in [4.69, 9.17) is 30.9 Å². The Bertz CT molecular complexity index is 2690. The van der Waals surface area contributed by atoms with Crippen LogP contribution < -0.4 is 26.9 Å². The number of hydrogen-bond acceptors (Lipinski definition) is 12. The second-order valence-electron chi connectivity index (χ2n) is 16.3. The first-order valence-corrected chi connectivity index (χ1v) is 21.0. The largest absolute Gasteiger partial charge is 0.506 e. The number of likely N-dealkylation sites (N-methyl/N-ethyl adjacent to an activating group) is 1. The molecule has 2 saturated heterocycles. The molecule has 2 fully saturated rings. The van der Waals surface area contributed by atoms with Crippen LogP contribution in [-0.4, -0.2) is 122 Å². The molecule has 17 nitrogen and oxygen atoms in total. The zero-order valence-corrected chi connectivity index (χ0v) is 36.0. The number of anilines is 1. The normalized spacial score (nSPS) is 17.7. The van der Waals surface area contributed by atoms with E-state index < -0.39 is 18.0 Å². The Hall–Kier alpha value is -6.01. The lowest BCUT2D eigenvalue weighted by atomic mass is 9.96. The van der Waals surface area contributed by atoms with Gasteiger partial charge in [0, 0.05) is 78.8 Å². The SMILES string of the molecule is CCN1N[C@H](N=Cc2c(NC)n(C(C)n3c4nc(-c5cc(C)nn5CC)ccc4c4cc(C(N)=O)cc(O)c43)c3c(OCCCN4CCOCC4)cc(C(N)=O)cc23)C1(C)C. The van der Waals surface area contributed by atoms with E-state index in [9.17, 15) is 14.7 Å². The first-order valence-electron chi connectivity index (χ1n) is 21.0. The summed E-state index contributed by atoms with van der Waals surface area (Å²) in [6.45, 7) is 18.2. The molecule has 7 N–H and O–H groups in total. The smallest absolute Gasteiger partial charge is 0.248 e. The third-order valence-corrected chi connectivity index (χ3v) is 12.1. The summed E-state index contributed by atoms with van der Waals surface area (Å²) in [4.78, 5) is 38.3. The number of phenols is 1. The van der Waals surface area contributed by atoms with Crippen molar-refractivity contribution in [3.05, 3.63) is 64.8 Å². The summed E-state index contributed by atoms with van der Waals surface area (Å²) in [7, 11) is 1.84. The van der Waals surface area contributed by atoms with Gasteiger partial charge in [-0.25, -0.2) is 15.4 Å². The van der Waals surface area contributed by atoms with Crippen LogP contribution in [0, 0.1) is 6.92 Å². The lowest BCUT2D eigenvalue weighted by molar-refractivity contribution is -0.0863. The fraction of sp³-hybridized carbons (Fsp3) is 0.432. The number of phenolic OH excluding ortho intramolecular Hbond substituents is 1. The van der Waals surface area contributed by atoms with Gasteiger partial charge in [-0.05, 0) is 83.5 Å². The summed E-state index contributed by atoms with van der Waals surface area (Å²) in [5.74, 6) is -0.249. The second kappa shape index (κ2) is 16.5. The molecule has 322 valence electrons. The zero-order chi connectivity index (χ0) is 43.3. The molecular formula is C44H56N12O5. The highest BCUT2D eigenvalue weighted by Gasteiger charge is 2.45. The molecular weight excluding hydrogens is 777 g/mol. The predicted octanol–water partition coefficient (Wildman–Crippen LogP) is 4.81. The molecule has 4 aromatic heterocycles. The molecule has 2 amide bonds. The molecule has 2 aliphatic heterocycles. The summed E-state index contributed by atoms with van der Waals surface area (Å²) in [6, 6.07) is 12.5. The van der Waals surface area contributed by atoms with Gasteiger partial charge in [-0.1, -0.05) is 6.92 Å². The van der Waals surface area contributed by atoms with Gasteiger partial charge in [-0.3, -0.25) is 24.2 Å². The number of nitrogens with one attached hydrogen (secondary N) is 2. The Morgan fingerprint density at radius 3 is 2.43 bits per heavy atom. The van der Waals surface area contributed by atoms with Crippen molar-refractivity contribution in [2.24, 2.45) is 16.5 Å². The highest BCUT2D eigenvalue weighted by Crippen LogP contribution is 2.44. The highest BCUT2D eigenvalue weighted by molar-refractivity contribution is 6.13. The number of aromatic nitrogens is 5. The summed E-state index contributed by atoms with van der Waals surface area (Å²) < 4.78 is 18.2. The van der Waals surface area contributed by atoms with Crippen LogP contribution in [0.4, 0.5) is 5.82 Å². The quantitative estimate of drug-likeness (QED) is 0.0701. The fourth-order valence-corrected chi connectivity index (χ4v) is 8.94. The lowest BCUT2D eigenvalue weighted by Gasteiger charge is -2.53. The van der Waals surface area contributed by atoms with Crippen molar-refractivity contribution in [1.82, 2.24) is 39.2 Å². The summed E-state index contributed by atoms with van der Waals surface area (Å²) >= 11 is 0. The number of aryl methyl sites for hydroxylation is 2. The maximum atomic E-state index is 13.0. The molecule has 6 aromatic rings. The van der Waals surface area contributed by atoms with Crippen molar-refractivity contribution in [3.63, 3.8) is 0 Å². The topological polar surface area (TPSA) is 208 Å². The molecule has 17 heteroatoms. The third kappa shape index (κ3) is 7.34. The number of pyridine rings is 1. The maximum Gasteiger partial charge on any atom is 0.248 e. The van der Waals surface area contributed by atoms with E-state index in [0.29, 0.717) is 82.0 Å². The number of primary amides is 2. The van der Waals surface area contributed by atoms with E-state index in [1.807, 2.05) is 61.5 Å². The number of morpholine rings is 1. The number of amides is 2. The van der Waals surface area contributed by atoms with Gasteiger partial charge in [0.15, 0.2) is 0 Å². The van der Waals surface area contributed by atoms with Crippen LogP contribution in [0.1, 0.15) is 79.2 Å². The molecule has 2 atom stereocenters. The van der Waals surface area contributed by atoms with Gasteiger partial charge < -0.3 is 40.5 Å². The van der Waals surface area contributed by atoms with Crippen molar-refractivity contribution >= 4 is 56.7 Å². The Morgan fingerprint density at radius 2 is 1.75 bits per heavy atom. The number of nitrogens with zero attached hydrogens (tertiary/aromatic N) is 8. The molecule has 61 heavy (non-hydrogen) atoms.